The third kappa shape index (κ3) is 6.18. The van der Waals surface area contributed by atoms with Crippen molar-refractivity contribution in [2.24, 2.45) is 0 Å². The summed E-state index contributed by atoms with van der Waals surface area (Å²) in [7, 11) is 0. The number of H-pyrrole nitrogens is 1. The lowest BCUT2D eigenvalue weighted by molar-refractivity contribution is -0.154. The number of aromatic amines is 1. The molecule has 3 N–H and O–H groups in total. The maximum atomic E-state index is 14.0. The van der Waals surface area contributed by atoms with Gasteiger partial charge in [-0.15, -0.1) is 28.2 Å². The molecule has 2 atom stereocenters. The number of aromatic nitrogens is 4. The zero-order valence-electron chi connectivity index (χ0n) is 22.2. The predicted octanol–water partition coefficient (Wildman–Crippen LogP) is 3.11. The Labute approximate surface area is 257 Å². The van der Waals surface area contributed by atoms with Crippen molar-refractivity contribution >= 4 is 64.2 Å². The maximum absolute atomic E-state index is 14.0. The number of thiazole rings is 1. The first-order chi connectivity index (χ1) is 21.0. The summed E-state index contributed by atoms with van der Waals surface area (Å²) in [5, 5.41) is 17.7. The highest BCUT2D eigenvalue weighted by atomic mass is 32.2. The van der Waals surface area contributed by atoms with Gasteiger partial charge >= 0.3 is 5.97 Å². The van der Waals surface area contributed by atoms with E-state index in [1.165, 1.54) is 46.0 Å². The van der Waals surface area contributed by atoms with E-state index in [0.717, 1.165) is 11.1 Å². The lowest BCUT2D eigenvalue weighted by Gasteiger charge is -2.49. The largest absolute Gasteiger partial charge is 0.448 e. The Morgan fingerprint density at radius 2 is 1.86 bits per heavy atom. The van der Waals surface area contributed by atoms with Crippen molar-refractivity contribution in [2.45, 2.75) is 29.0 Å². The van der Waals surface area contributed by atoms with Gasteiger partial charge in [-0.3, -0.25) is 24.4 Å². The topological polar surface area (TPSA) is 159 Å². The maximum Gasteiger partial charge on any atom is 0.356 e. The van der Waals surface area contributed by atoms with E-state index in [-0.39, 0.29) is 12.1 Å². The monoisotopic (exact) mass is 633 g/mol. The molecule has 15 heteroatoms. The summed E-state index contributed by atoms with van der Waals surface area (Å²) in [6.45, 7) is 0. The minimum absolute atomic E-state index is 0.0628. The van der Waals surface area contributed by atoms with Crippen LogP contribution in [0.25, 0.3) is 0 Å². The number of amides is 3. The van der Waals surface area contributed by atoms with Crippen LogP contribution in [0, 0.1) is 0 Å². The minimum Gasteiger partial charge on any atom is -0.448 e. The van der Waals surface area contributed by atoms with Crippen molar-refractivity contribution in [1.82, 2.24) is 30.6 Å². The Balaban J connectivity index is 1.24. The first-order valence-electron chi connectivity index (χ1n) is 13.0. The number of benzene rings is 2. The zero-order valence-corrected chi connectivity index (χ0v) is 24.7. The first-order valence-corrected chi connectivity index (χ1v) is 15.7. The van der Waals surface area contributed by atoms with E-state index in [4.69, 9.17) is 4.74 Å². The predicted molar refractivity (Wildman–Crippen MR) is 161 cm³/mol. The summed E-state index contributed by atoms with van der Waals surface area (Å²) in [5.74, 6) is -1.08. The van der Waals surface area contributed by atoms with Crippen LogP contribution in [0.3, 0.4) is 0 Å². The number of nitrogens with zero attached hydrogens (tertiary/aromatic N) is 4. The van der Waals surface area contributed by atoms with Gasteiger partial charge in [-0.1, -0.05) is 77.6 Å². The van der Waals surface area contributed by atoms with Crippen LogP contribution in [0.2, 0.25) is 0 Å². The lowest BCUT2D eigenvalue weighted by Crippen LogP contribution is -2.70. The molecule has 0 bridgehead atoms. The molecule has 43 heavy (non-hydrogen) atoms. The average Bonchev–Trinajstić information content (AvgIpc) is 3.71. The fraction of sp³-hybridized carbons (Fsp3) is 0.179. The van der Waals surface area contributed by atoms with Gasteiger partial charge in [-0.05, 0) is 11.1 Å². The summed E-state index contributed by atoms with van der Waals surface area (Å²) < 4.78 is 6.15. The molecule has 1 saturated heterocycles. The highest BCUT2D eigenvalue weighted by Crippen LogP contribution is 2.45. The number of hydrogen-bond acceptors (Lipinski definition) is 11. The number of carbonyl (C=O) groups excluding carboxylic acids is 4. The number of rotatable bonds is 11. The van der Waals surface area contributed by atoms with Crippen molar-refractivity contribution in [2.75, 3.05) is 11.1 Å². The van der Waals surface area contributed by atoms with Gasteiger partial charge in [0.1, 0.15) is 22.1 Å². The summed E-state index contributed by atoms with van der Waals surface area (Å²) in [6, 6.07) is 17.9. The van der Waals surface area contributed by atoms with Crippen molar-refractivity contribution in [3.8, 4) is 0 Å². The lowest BCUT2D eigenvalue weighted by atomic mass is 10.0. The smallest absolute Gasteiger partial charge is 0.356 e. The van der Waals surface area contributed by atoms with E-state index in [2.05, 4.69) is 31.0 Å². The van der Waals surface area contributed by atoms with E-state index in [9.17, 15) is 19.2 Å². The van der Waals surface area contributed by atoms with Crippen molar-refractivity contribution in [1.29, 1.82) is 0 Å². The van der Waals surface area contributed by atoms with Crippen LogP contribution >= 0.6 is 34.9 Å². The Hall–Kier alpha value is -4.47. The molecule has 0 radical (unpaired) electrons. The molecule has 4 aromatic rings. The molecule has 0 saturated carbocycles. The third-order valence-corrected chi connectivity index (χ3v) is 9.86. The highest BCUT2D eigenvalue weighted by Gasteiger charge is 2.55. The molecule has 2 aliphatic heterocycles. The number of β-lactam (4-membered cyclic amide) rings is 1. The van der Waals surface area contributed by atoms with E-state index in [1.54, 1.807) is 5.38 Å². The van der Waals surface area contributed by atoms with E-state index < -0.39 is 35.3 Å². The quantitative estimate of drug-likeness (QED) is 0.127. The van der Waals surface area contributed by atoms with Gasteiger partial charge in [0.05, 0.1) is 18.3 Å². The van der Waals surface area contributed by atoms with Crippen LogP contribution in [0.15, 0.2) is 87.9 Å². The van der Waals surface area contributed by atoms with Crippen molar-refractivity contribution < 1.29 is 23.9 Å². The van der Waals surface area contributed by atoms with Crippen LogP contribution < -0.4 is 10.6 Å². The van der Waals surface area contributed by atoms with Gasteiger partial charge in [0, 0.05) is 16.0 Å². The molecule has 0 unspecified atom stereocenters. The molecule has 1 fully saturated rings. The second-order valence-electron chi connectivity index (χ2n) is 9.34. The standard InChI is InChI=1S/C28H23N7O5S3/c36-15-29-28-31-18(13-42-28)11-20(37)32-22-25(38)35-23(19(14-41-26(22)35)43-21-12-30-34-33-21)27(39)40-24(16-7-3-1-4-8-16)17-9-5-2-6-10-17/h1-10,12-13,15,22,24,26H,11,14H2,(H,32,37)(H,29,31,36)(H,30,33,34)/t22-,26+/m1/s1. The Bertz CT molecular complexity index is 1620. The number of ether oxygens (including phenoxy) is 1. The van der Waals surface area contributed by atoms with Crippen LogP contribution in [-0.2, 0) is 30.3 Å². The molecule has 12 nitrogen and oxygen atoms in total. The molecule has 2 aromatic heterocycles. The van der Waals surface area contributed by atoms with E-state index in [0.29, 0.717) is 32.9 Å². The number of carbonyl (C=O) groups is 4. The molecule has 4 heterocycles. The fourth-order valence-electron chi connectivity index (χ4n) is 4.67. The SMILES string of the molecule is O=CNc1nc(CC(=O)N[C@@H]2C(=O)N3C(C(=O)OC(c4ccccc4)c4ccccc4)=C(Sc4cnn[nH]4)CS[C@@H]23)cs1. The highest BCUT2D eigenvalue weighted by molar-refractivity contribution is 8.06. The van der Waals surface area contributed by atoms with Crippen molar-refractivity contribution in [3.63, 3.8) is 0 Å². The third-order valence-electron chi connectivity index (χ3n) is 6.57. The minimum atomic E-state index is -0.828. The normalized spacial score (nSPS) is 17.7. The van der Waals surface area contributed by atoms with Crippen LogP contribution in [-0.4, -0.2) is 66.7 Å². The number of nitrogens with one attached hydrogen (secondary N) is 3. The zero-order chi connectivity index (χ0) is 29.8. The fourth-order valence-corrected chi connectivity index (χ4v) is 7.70. The van der Waals surface area contributed by atoms with E-state index >= 15 is 0 Å². The summed E-state index contributed by atoms with van der Waals surface area (Å²) in [5.41, 5.74) is 2.16. The number of esters is 1. The van der Waals surface area contributed by atoms with Gasteiger partial charge in [-0.2, -0.15) is 0 Å². The second-order valence-corrected chi connectivity index (χ2v) is 12.4. The van der Waals surface area contributed by atoms with Crippen molar-refractivity contribution in [3.05, 3.63) is 99.7 Å². The Morgan fingerprint density at radius 3 is 2.51 bits per heavy atom. The molecule has 0 spiro atoms. The molecule has 2 aromatic carbocycles. The summed E-state index contributed by atoms with van der Waals surface area (Å²) in [4.78, 5) is 57.1. The second kappa shape index (κ2) is 12.8. The Morgan fingerprint density at radius 1 is 1.14 bits per heavy atom. The van der Waals surface area contributed by atoms with Crippen LogP contribution in [0.1, 0.15) is 22.9 Å². The number of fused-ring (bicyclic) bond motifs is 1. The van der Waals surface area contributed by atoms with Gasteiger partial charge in [0.15, 0.2) is 11.2 Å². The molecule has 0 aliphatic carbocycles. The number of hydrogen-bond donors (Lipinski definition) is 3. The summed E-state index contributed by atoms with van der Waals surface area (Å²) in [6.07, 6.45) is 1.27. The molecular formula is C28H23N7O5S3. The summed E-state index contributed by atoms with van der Waals surface area (Å²) >= 11 is 3.88. The molecule has 218 valence electrons. The number of anilines is 1. The molecular weight excluding hydrogens is 611 g/mol. The Kier molecular flexibility index (Phi) is 8.53. The molecule has 3 amide bonds. The number of thioether (sulfide) groups is 2. The first kappa shape index (κ1) is 28.6. The average molecular weight is 634 g/mol. The van der Waals surface area contributed by atoms with Gasteiger partial charge in [-0.25, -0.2) is 9.78 Å². The van der Waals surface area contributed by atoms with Crippen LogP contribution in [0.5, 0.6) is 0 Å². The van der Waals surface area contributed by atoms with Gasteiger partial charge < -0.3 is 15.4 Å². The molecule has 6 rings (SSSR count). The van der Waals surface area contributed by atoms with Crippen LogP contribution in [0.4, 0.5) is 5.13 Å². The van der Waals surface area contributed by atoms with Gasteiger partial charge in [0.2, 0.25) is 12.3 Å². The van der Waals surface area contributed by atoms with Gasteiger partial charge in [0.25, 0.3) is 5.91 Å². The van der Waals surface area contributed by atoms with E-state index in [1.807, 2.05) is 60.7 Å². The molecule has 2 aliphatic rings.